The summed E-state index contributed by atoms with van der Waals surface area (Å²) in [6, 6.07) is 8.21. The van der Waals surface area contributed by atoms with Crippen LogP contribution in [-0.2, 0) is 0 Å². The van der Waals surface area contributed by atoms with Gasteiger partial charge in [-0.2, -0.15) is 5.26 Å². The van der Waals surface area contributed by atoms with Crippen molar-refractivity contribution in [1.29, 1.82) is 5.26 Å². The molecule has 0 aromatic heterocycles. The van der Waals surface area contributed by atoms with Crippen LogP contribution in [0.4, 0.5) is 5.69 Å². The third-order valence-electron chi connectivity index (χ3n) is 3.25. The maximum atomic E-state index is 9.17. The Bertz CT molecular complexity index is 423. The zero-order valence-corrected chi connectivity index (χ0v) is 12.2. The fraction of sp³-hybridized carbons (Fsp3) is 0.562. The Labute approximate surface area is 116 Å². The Morgan fingerprint density at radius 2 is 2.05 bits per heavy atom. The van der Waals surface area contributed by atoms with Crippen LogP contribution in [0.2, 0.25) is 0 Å². The van der Waals surface area contributed by atoms with Gasteiger partial charge in [0, 0.05) is 12.1 Å². The maximum absolute atomic E-state index is 9.17. The van der Waals surface area contributed by atoms with E-state index in [4.69, 9.17) is 4.74 Å². The molecule has 0 fully saturated rings. The SMILES string of the molecule is CCCCC(CCC)Nc1cc(OC)ccc1C#N. The van der Waals surface area contributed by atoms with Crippen LogP contribution in [0, 0.1) is 11.3 Å². The van der Waals surface area contributed by atoms with E-state index < -0.39 is 0 Å². The molecule has 1 rings (SSSR count). The third kappa shape index (κ3) is 4.82. The summed E-state index contributed by atoms with van der Waals surface area (Å²) < 4.78 is 5.23. The highest BCUT2D eigenvalue weighted by Crippen LogP contribution is 2.24. The standard InChI is InChI=1S/C16H24N2O/c1-4-6-8-14(7-5-2)18-16-11-15(19-3)10-9-13(16)12-17/h9-11,14,18H,4-8H2,1-3H3. The predicted octanol–water partition coefficient (Wildman–Crippen LogP) is 4.34. The van der Waals surface area contributed by atoms with Gasteiger partial charge in [0.25, 0.3) is 0 Å². The molecule has 0 heterocycles. The minimum Gasteiger partial charge on any atom is -0.497 e. The minimum absolute atomic E-state index is 0.434. The van der Waals surface area contributed by atoms with Gasteiger partial charge in [0.2, 0.25) is 0 Å². The summed E-state index contributed by atoms with van der Waals surface area (Å²) in [6.07, 6.45) is 5.83. The summed E-state index contributed by atoms with van der Waals surface area (Å²) in [5.74, 6) is 0.784. The molecule has 0 spiro atoms. The Hall–Kier alpha value is -1.69. The zero-order valence-electron chi connectivity index (χ0n) is 12.2. The lowest BCUT2D eigenvalue weighted by Gasteiger charge is -2.20. The first-order chi connectivity index (χ1) is 9.24. The van der Waals surface area contributed by atoms with Crippen molar-refractivity contribution in [2.45, 2.75) is 52.0 Å². The lowest BCUT2D eigenvalue weighted by molar-refractivity contribution is 0.415. The highest BCUT2D eigenvalue weighted by atomic mass is 16.5. The van der Waals surface area contributed by atoms with E-state index in [0.717, 1.165) is 30.7 Å². The number of rotatable bonds is 8. The van der Waals surface area contributed by atoms with Gasteiger partial charge in [0.15, 0.2) is 0 Å². The van der Waals surface area contributed by atoms with Crippen LogP contribution < -0.4 is 10.1 Å². The van der Waals surface area contributed by atoms with Crippen molar-refractivity contribution in [2.75, 3.05) is 12.4 Å². The molecule has 0 saturated carbocycles. The number of benzene rings is 1. The fourth-order valence-electron chi connectivity index (χ4n) is 2.17. The van der Waals surface area contributed by atoms with Crippen molar-refractivity contribution in [1.82, 2.24) is 0 Å². The Kier molecular flexibility index (Phi) is 6.81. The molecule has 3 heteroatoms. The van der Waals surface area contributed by atoms with Crippen molar-refractivity contribution in [2.24, 2.45) is 0 Å². The molecule has 0 aliphatic heterocycles. The number of nitriles is 1. The number of nitrogens with zero attached hydrogens (tertiary/aromatic N) is 1. The molecule has 0 radical (unpaired) electrons. The van der Waals surface area contributed by atoms with Crippen molar-refractivity contribution in [3.8, 4) is 11.8 Å². The molecule has 1 aromatic rings. The number of unbranched alkanes of at least 4 members (excludes halogenated alkanes) is 1. The van der Waals surface area contributed by atoms with E-state index in [9.17, 15) is 5.26 Å². The van der Waals surface area contributed by atoms with Crippen LogP contribution in [0.1, 0.15) is 51.5 Å². The summed E-state index contributed by atoms with van der Waals surface area (Å²) in [7, 11) is 1.64. The van der Waals surface area contributed by atoms with Gasteiger partial charge in [0.1, 0.15) is 11.8 Å². The van der Waals surface area contributed by atoms with E-state index >= 15 is 0 Å². The summed E-state index contributed by atoms with van der Waals surface area (Å²) in [4.78, 5) is 0. The first-order valence-corrected chi connectivity index (χ1v) is 7.09. The van der Waals surface area contributed by atoms with Crippen molar-refractivity contribution >= 4 is 5.69 Å². The molecule has 1 aromatic carbocycles. The number of hydrogen-bond acceptors (Lipinski definition) is 3. The van der Waals surface area contributed by atoms with Gasteiger partial charge in [-0.3, -0.25) is 0 Å². The van der Waals surface area contributed by atoms with Gasteiger partial charge in [-0.25, -0.2) is 0 Å². The van der Waals surface area contributed by atoms with E-state index in [1.807, 2.05) is 18.2 Å². The summed E-state index contributed by atoms with van der Waals surface area (Å²) in [5.41, 5.74) is 1.56. The Morgan fingerprint density at radius 1 is 1.26 bits per heavy atom. The second-order valence-corrected chi connectivity index (χ2v) is 4.80. The smallest absolute Gasteiger partial charge is 0.121 e. The zero-order chi connectivity index (χ0) is 14.1. The quantitative estimate of drug-likeness (QED) is 0.756. The van der Waals surface area contributed by atoms with E-state index in [2.05, 4.69) is 25.2 Å². The maximum Gasteiger partial charge on any atom is 0.121 e. The van der Waals surface area contributed by atoms with E-state index in [1.54, 1.807) is 7.11 Å². The third-order valence-corrected chi connectivity index (χ3v) is 3.25. The van der Waals surface area contributed by atoms with Gasteiger partial charge in [0.05, 0.1) is 18.4 Å². The second-order valence-electron chi connectivity index (χ2n) is 4.80. The normalized spacial score (nSPS) is 11.7. The van der Waals surface area contributed by atoms with Crippen LogP contribution in [0.3, 0.4) is 0 Å². The molecule has 1 unspecified atom stereocenters. The van der Waals surface area contributed by atoms with Gasteiger partial charge in [-0.05, 0) is 25.0 Å². The molecule has 0 amide bonds. The van der Waals surface area contributed by atoms with Crippen LogP contribution >= 0.6 is 0 Å². The van der Waals surface area contributed by atoms with Gasteiger partial charge in [-0.1, -0.05) is 33.1 Å². The second kappa shape index (κ2) is 8.42. The Balaban J connectivity index is 2.84. The first-order valence-electron chi connectivity index (χ1n) is 7.09. The lowest BCUT2D eigenvalue weighted by atomic mass is 10.0. The van der Waals surface area contributed by atoms with Crippen LogP contribution in [0.5, 0.6) is 5.75 Å². The molecular weight excluding hydrogens is 236 g/mol. The lowest BCUT2D eigenvalue weighted by Crippen LogP contribution is -2.19. The molecule has 3 nitrogen and oxygen atoms in total. The van der Waals surface area contributed by atoms with Gasteiger partial charge < -0.3 is 10.1 Å². The molecule has 104 valence electrons. The largest absolute Gasteiger partial charge is 0.497 e. The number of methoxy groups -OCH3 is 1. The minimum atomic E-state index is 0.434. The number of nitrogens with one attached hydrogen (secondary N) is 1. The average Bonchev–Trinajstić information content (AvgIpc) is 2.44. The monoisotopic (exact) mass is 260 g/mol. The number of anilines is 1. The van der Waals surface area contributed by atoms with Crippen LogP contribution in [-0.4, -0.2) is 13.2 Å². The Morgan fingerprint density at radius 3 is 2.63 bits per heavy atom. The fourth-order valence-corrected chi connectivity index (χ4v) is 2.17. The molecular formula is C16H24N2O. The topological polar surface area (TPSA) is 45.0 Å². The van der Waals surface area contributed by atoms with Crippen LogP contribution in [0.15, 0.2) is 18.2 Å². The number of ether oxygens (including phenoxy) is 1. The summed E-state index contributed by atoms with van der Waals surface area (Å²) >= 11 is 0. The predicted molar refractivity (Wildman–Crippen MR) is 79.6 cm³/mol. The van der Waals surface area contributed by atoms with E-state index in [1.165, 1.54) is 12.8 Å². The van der Waals surface area contributed by atoms with E-state index in [0.29, 0.717) is 11.6 Å². The van der Waals surface area contributed by atoms with Gasteiger partial charge >= 0.3 is 0 Å². The molecule has 0 aliphatic carbocycles. The molecule has 0 aliphatic rings. The molecule has 0 bridgehead atoms. The van der Waals surface area contributed by atoms with Crippen LogP contribution in [0.25, 0.3) is 0 Å². The molecule has 0 saturated heterocycles. The number of hydrogen-bond donors (Lipinski definition) is 1. The first kappa shape index (κ1) is 15.4. The average molecular weight is 260 g/mol. The van der Waals surface area contributed by atoms with E-state index in [-0.39, 0.29) is 0 Å². The summed E-state index contributed by atoms with van der Waals surface area (Å²) in [5, 5.41) is 12.7. The molecule has 1 atom stereocenters. The van der Waals surface area contributed by atoms with Gasteiger partial charge in [-0.15, -0.1) is 0 Å². The highest BCUT2D eigenvalue weighted by Gasteiger charge is 2.10. The highest BCUT2D eigenvalue weighted by molar-refractivity contribution is 5.60. The van der Waals surface area contributed by atoms with Crippen molar-refractivity contribution in [3.63, 3.8) is 0 Å². The van der Waals surface area contributed by atoms with Crippen molar-refractivity contribution in [3.05, 3.63) is 23.8 Å². The van der Waals surface area contributed by atoms with Crippen molar-refractivity contribution < 1.29 is 4.74 Å². The molecule has 1 N–H and O–H groups in total. The molecule has 19 heavy (non-hydrogen) atoms. The summed E-state index contributed by atoms with van der Waals surface area (Å²) in [6.45, 7) is 4.40.